The van der Waals surface area contributed by atoms with Crippen molar-refractivity contribution < 1.29 is 14.4 Å². The third-order valence-electron chi connectivity index (χ3n) is 3.73. The van der Waals surface area contributed by atoms with Gasteiger partial charge in [-0.25, -0.2) is 14.8 Å². The summed E-state index contributed by atoms with van der Waals surface area (Å²) >= 11 is 5.79. The van der Waals surface area contributed by atoms with E-state index in [4.69, 9.17) is 11.6 Å². The largest absolute Gasteiger partial charge is 0.342 e. The Labute approximate surface area is 126 Å². The van der Waals surface area contributed by atoms with E-state index in [-0.39, 0.29) is 24.8 Å². The number of amides is 4. The molecule has 2 heterocycles. The van der Waals surface area contributed by atoms with Crippen molar-refractivity contribution >= 4 is 29.4 Å². The quantitative estimate of drug-likeness (QED) is 0.855. The predicted octanol–water partition coefficient (Wildman–Crippen LogP) is 1.28. The lowest BCUT2D eigenvalue weighted by molar-refractivity contribution is -0.123. The molecule has 7 heteroatoms. The fourth-order valence-corrected chi connectivity index (χ4v) is 2.90. The van der Waals surface area contributed by atoms with Crippen LogP contribution in [0.3, 0.4) is 0 Å². The van der Waals surface area contributed by atoms with Crippen molar-refractivity contribution in [3.63, 3.8) is 0 Å². The summed E-state index contributed by atoms with van der Waals surface area (Å²) in [6.45, 7) is 0.554. The Morgan fingerprint density at radius 2 is 2.00 bits per heavy atom. The molecule has 0 unspecified atom stereocenters. The summed E-state index contributed by atoms with van der Waals surface area (Å²) < 4.78 is 0. The van der Waals surface area contributed by atoms with Gasteiger partial charge in [0.1, 0.15) is 0 Å². The van der Waals surface area contributed by atoms with Crippen LogP contribution in [-0.4, -0.2) is 40.3 Å². The normalized spacial score (nSPS) is 18.0. The van der Waals surface area contributed by atoms with Crippen LogP contribution in [0.5, 0.6) is 0 Å². The lowest BCUT2D eigenvalue weighted by Crippen LogP contribution is -2.56. The standard InChI is InChI=1S/C14H14ClN3O3/c15-6-4-9-2-1-3-10-11(9)8-18(13(10)20)17-7-5-12(19)16-14(17)21/h1-3H,4-8H2,(H,16,19,21). The van der Waals surface area contributed by atoms with Crippen molar-refractivity contribution in [1.82, 2.24) is 15.3 Å². The number of urea groups is 1. The summed E-state index contributed by atoms with van der Waals surface area (Å²) in [7, 11) is 0. The number of aryl methyl sites for hydroxylation is 1. The van der Waals surface area contributed by atoms with Gasteiger partial charge in [-0.1, -0.05) is 12.1 Å². The molecule has 2 aliphatic heterocycles. The van der Waals surface area contributed by atoms with Crippen LogP contribution in [0.1, 0.15) is 27.9 Å². The van der Waals surface area contributed by atoms with E-state index in [2.05, 4.69) is 5.32 Å². The zero-order valence-corrected chi connectivity index (χ0v) is 12.0. The van der Waals surface area contributed by atoms with Gasteiger partial charge >= 0.3 is 6.03 Å². The highest BCUT2D eigenvalue weighted by atomic mass is 35.5. The summed E-state index contributed by atoms with van der Waals surface area (Å²) in [5, 5.41) is 4.92. The lowest BCUT2D eigenvalue weighted by atomic mass is 10.0. The van der Waals surface area contributed by atoms with Crippen LogP contribution in [0, 0.1) is 0 Å². The number of carbonyl (C=O) groups excluding carboxylic acids is 3. The fraction of sp³-hybridized carbons (Fsp3) is 0.357. The Hall–Kier alpha value is -2.08. The number of imide groups is 1. The second-order valence-corrected chi connectivity index (χ2v) is 5.35. The Bertz CT molecular complexity index is 632. The Kier molecular flexibility index (Phi) is 3.55. The van der Waals surface area contributed by atoms with Crippen molar-refractivity contribution in [2.24, 2.45) is 0 Å². The molecule has 0 atom stereocenters. The molecule has 4 amide bonds. The Morgan fingerprint density at radius 3 is 2.71 bits per heavy atom. The van der Waals surface area contributed by atoms with Crippen molar-refractivity contribution in [1.29, 1.82) is 0 Å². The van der Waals surface area contributed by atoms with Crippen molar-refractivity contribution in [3.8, 4) is 0 Å². The van der Waals surface area contributed by atoms with Gasteiger partial charge in [-0.05, 0) is 23.6 Å². The van der Waals surface area contributed by atoms with E-state index >= 15 is 0 Å². The van der Waals surface area contributed by atoms with Gasteiger partial charge in [0.15, 0.2) is 0 Å². The van der Waals surface area contributed by atoms with Crippen LogP contribution in [0.4, 0.5) is 4.79 Å². The average Bonchev–Trinajstić information content (AvgIpc) is 2.78. The topological polar surface area (TPSA) is 69.7 Å². The van der Waals surface area contributed by atoms with E-state index in [0.717, 1.165) is 11.1 Å². The van der Waals surface area contributed by atoms with Gasteiger partial charge in [-0.3, -0.25) is 14.9 Å². The highest BCUT2D eigenvalue weighted by Gasteiger charge is 2.37. The molecule has 2 aliphatic rings. The number of hydrogen-bond donors (Lipinski definition) is 1. The summed E-state index contributed by atoms with van der Waals surface area (Å²) in [5.74, 6) is -0.0576. The number of fused-ring (bicyclic) bond motifs is 1. The first-order valence-electron chi connectivity index (χ1n) is 6.71. The van der Waals surface area contributed by atoms with Gasteiger partial charge in [-0.15, -0.1) is 11.6 Å². The molecule has 3 rings (SSSR count). The van der Waals surface area contributed by atoms with Crippen LogP contribution in [0.15, 0.2) is 18.2 Å². The smallest absolute Gasteiger partial charge is 0.276 e. The minimum atomic E-state index is -0.550. The average molecular weight is 308 g/mol. The number of alkyl halides is 1. The summed E-state index contributed by atoms with van der Waals surface area (Å²) in [5.41, 5.74) is 2.53. The molecular formula is C14H14ClN3O3. The van der Waals surface area contributed by atoms with Crippen LogP contribution < -0.4 is 5.32 Å². The van der Waals surface area contributed by atoms with E-state index in [9.17, 15) is 14.4 Å². The van der Waals surface area contributed by atoms with Gasteiger partial charge in [0, 0.05) is 17.9 Å². The van der Waals surface area contributed by atoms with Crippen LogP contribution in [-0.2, 0) is 17.8 Å². The molecule has 0 spiro atoms. The van der Waals surface area contributed by atoms with E-state index in [1.54, 1.807) is 6.07 Å². The first kappa shape index (κ1) is 13.9. The first-order chi connectivity index (χ1) is 10.1. The maximum absolute atomic E-state index is 12.5. The number of hydrogen-bond acceptors (Lipinski definition) is 3. The Morgan fingerprint density at radius 1 is 1.19 bits per heavy atom. The minimum Gasteiger partial charge on any atom is -0.276 e. The second kappa shape index (κ2) is 5.37. The van der Waals surface area contributed by atoms with E-state index in [1.807, 2.05) is 12.1 Å². The highest BCUT2D eigenvalue weighted by molar-refractivity contribution is 6.18. The van der Waals surface area contributed by atoms with Gasteiger partial charge in [0.25, 0.3) is 5.91 Å². The number of benzene rings is 1. The molecule has 0 bridgehead atoms. The van der Waals surface area contributed by atoms with Crippen LogP contribution in [0.25, 0.3) is 0 Å². The third-order valence-corrected chi connectivity index (χ3v) is 3.92. The van der Waals surface area contributed by atoms with E-state index < -0.39 is 6.03 Å². The zero-order chi connectivity index (χ0) is 15.0. The molecule has 1 saturated heterocycles. The van der Waals surface area contributed by atoms with Gasteiger partial charge in [0.05, 0.1) is 13.1 Å². The minimum absolute atomic E-state index is 0.195. The molecule has 1 fully saturated rings. The molecule has 1 aromatic carbocycles. The molecule has 0 radical (unpaired) electrons. The number of nitrogens with zero attached hydrogens (tertiary/aromatic N) is 2. The summed E-state index contributed by atoms with van der Waals surface area (Å²) in [6, 6.07) is 4.97. The number of rotatable bonds is 3. The van der Waals surface area contributed by atoms with Crippen LogP contribution in [0.2, 0.25) is 0 Å². The highest BCUT2D eigenvalue weighted by Crippen LogP contribution is 2.28. The number of nitrogens with one attached hydrogen (secondary N) is 1. The zero-order valence-electron chi connectivity index (χ0n) is 11.3. The molecular weight excluding hydrogens is 294 g/mol. The third kappa shape index (κ3) is 2.35. The van der Waals surface area contributed by atoms with E-state index in [1.165, 1.54) is 10.0 Å². The first-order valence-corrected chi connectivity index (χ1v) is 7.25. The maximum atomic E-state index is 12.5. The SMILES string of the molecule is O=C1CCN(N2Cc3c(CCCl)cccc3C2=O)C(=O)N1. The van der Waals surface area contributed by atoms with E-state index in [0.29, 0.717) is 24.4 Å². The van der Waals surface area contributed by atoms with Gasteiger partial charge in [-0.2, -0.15) is 0 Å². The number of carbonyl (C=O) groups is 3. The van der Waals surface area contributed by atoms with Gasteiger partial charge < -0.3 is 0 Å². The maximum Gasteiger partial charge on any atom is 0.342 e. The molecule has 1 aromatic rings. The monoisotopic (exact) mass is 307 g/mol. The summed E-state index contributed by atoms with van der Waals surface area (Å²) in [4.78, 5) is 35.5. The molecule has 0 aliphatic carbocycles. The molecule has 0 saturated carbocycles. The summed E-state index contributed by atoms with van der Waals surface area (Å²) in [6.07, 6.45) is 0.872. The Balaban J connectivity index is 1.88. The predicted molar refractivity (Wildman–Crippen MR) is 75.6 cm³/mol. The van der Waals surface area contributed by atoms with Crippen molar-refractivity contribution in [3.05, 3.63) is 34.9 Å². The molecule has 21 heavy (non-hydrogen) atoms. The molecule has 110 valence electrons. The number of halogens is 1. The lowest BCUT2D eigenvalue weighted by Gasteiger charge is -2.33. The number of hydrazine groups is 1. The second-order valence-electron chi connectivity index (χ2n) is 4.97. The fourth-order valence-electron chi connectivity index (χ4n) is 2.70. The van der Waals surface area contributed by atoms with Gasteiger partial charge in [0.2, 0.25) is 5.91 Å². The molecule has 6 nitrogen and oxygen atoms in total. The van der Waals surface area contributed by atoms with Crippen molar-refractivity contribution in [2.75, 3.05) is 12.4 Å². The van der Waals surface area contributed by atoms with Crippen LogP contribution >= 0.6 is 11.6 Å². The van der Waals surface area contributed by atoms with Crippen molar-refractivity contribution in [2.45, 2.75) is 19.4 Å². The molecule has 0 aromatic heterocycles. The molecule has 1 N–H and O–H groups in total.